The number of amides is 3. The first kappa shape index (κ1) is 21.4. The number of alkyl carbamates (subject to hydrolysis) is 1. The molecule has 1 aromatic rings. The van der Waals surface area contributed by atoms with Crippen LogP contribution in [0.2, 0.25) is 0 Å². The first-order valence-corrected chi connectivity index (χ1v) is 8.45. The molecule has 0 bridgehead atoms. The first-order chi connectivity index (χ1) is 12.2. The predicted octanol–water partition coefficient (Wildman–Crippen LogP) is 1.98. The Hall–Kier alpha value is -2.64. The Labute approximate surface area is 152 Å². The molecule has 144 valence electrons. The second-order valence-corrected chi connectivity index (χ2v) is 6.62. The highest BCUT2D eigenvalue weighted by atomic mass is 19.1. The van der Waals surface area contributed by atoms with Crippen molar-refractivity contribution in [2.75, 3.05) is 19.6 Å². The quantitative estimate of drug-likeness (QED) is 0.612. The van der Waals surface area contributed by atoms with Crippen LogP contribution in [0.15, 0.2) is 24.3 Å². The summed E-state index contributed by atoms with van der Waals surface area (Å²) in [5.74, 6) is -1.28. The number of nitrogens with one attached hydrogen (secondary N) is 3. The molecule has 0 spiro atoms. The Morgan fingerprint density at radius 1 is 1.00 bits per heavy atom. The van der Waals surface area contributed by atoms with Crippen molar-refractivity contribution in [3.05, 3.63) is 35.6 Å². The molecule has 0 fully saturated rings. The van der Waals surface area contributed by atoms with E-state index in [2.05, 4.69) is 16.0 Å². The molecular formula is C18H26FN3O4. The molecule has 0 heterocycles. The van der Waals surface area contributed by atoms with Crippen molar-refractivity contribution in [1.29, 1.82) is 0 Å². The molecule has 3 amide bonds. The molecule has 0 aromatic heterocycles. The molecule has 3 N–H and O–H groups in total. The van der Waals surface area contributed by atoms with Gasteiger partial charge in [-0.3, -0.25) is 9.59 Å². The van der Waals surface area contributed by atoms with Gasteiger partial charge in [0, 0.05) is 26.1 Å². The highest BCUT2D eigenvalue weighted by Crippen LogP contribution is 2.06. The zero-order valence-corrected chi connectivity index (χ0v) is 15.4. The van der Waals surface area contributed by atoms with Crippen LogP contribution in [0.25, 0.3) is 0 Å². The normalized spacial score (nSPS) is 10.8. The van der Waals surface area contributed by atoms with Gasteiger partial charge in [0.1, 0.15) is 11.4 Å². The highest BCUT2D eigenvalue weighted by molar-refractivity contribution is 5.94. The Kier molecular flexibility index (Phi) is 8.54. The molecule has 0 saturated carbocycles. The lowest BCUT2D eigenvalue weighted by atomic mass is 10.2. The van der Waals surface area contributed by atoms with Gasteiger partial charge in [-0.1, -0.05) is 12.1 Å². The van der Waals surface area contributed by atoms with Gasteiger partial charge in [-0.15, -0.1) is 0 Å². The molecule has 26 heavy (non-hydrogen) atoms. The molecule has 0 atom stereocenters. The van der Waals surface area contributed by atoms with E-state index in [1.54, 1.807) is 26.8 Å². The van der Waals surface area contributed by atoms with Gasteiger partial charge in [0.05, 0.1) is 5.56 Å². The van der Waals surface area contributed by atoms with Gasteiger partial charge < -0.3 is 20.7 Å². The summed E-state index contributed by atoms with van der Waals surface area (Å²) in [6.07, 6.45) is 0.0628. The third-order valence-corrected chi connectivity index (χ3v) is 3.10. The van der Waals surface area contributed by atoms with Gasteiger partial charge >= 0.3 is 6.09 Å². The Bertz CT molecular complexity index is 629. The number of hydrogen-bond donors (Lipinski definition) is 3. The molecule has 0 radical (unpaired) electrons. The average molecular weight is 367 g/mol. The summed E-state index contributed by atoms with van der Waals surface area (Å²) in [6.45, 7) is 6.11. The number of carbonyl (C=O) groups is 3. The summed E-state index contributed by atoms with van der Waals surface area (Å²) in [5.41, 5.74) is -0.593. The van der Waals surface area contributed by atoms with Crippen LogP contribution in [0.4, 0.5) is 9.18 Å². The van der Waals surface area contributed by atoms with E-state index in [1.807, 2.05) is 0 Å². The summed E-state index contributed by atoms with van der Waals surface area (Å²) in [4.78, 5) is 34.8. The van der Waals surface area contributed by atoms with Crippen LogP contribution in [-0.4, -0.2) is 43.1 Å². The van der Waals surface area contributed by atoms with Gasteiger partial charge in [0.2, 0.25) is 5.91 Å². The van der Waals surface area contributed by atoms with Gasteiger partial charge in [0.15, 0.2) is 0 Å². The van der Waals surface area contributed by atoms with Gasteiger partial charge in [0.25, 0.3) is 5.91 Å². The number of rotatable bonds is 8. The van der Waals surface area contributed by atoms with Gasteiger partial charge in [-0.05, 0) is 39.3 Å². The van der Waals surface area contributed by atoms with Crippen molar-refractivity contribution in [2.45, 2.75) is 39.2 Å². The third-order valence-electron chi connectivity index (χ3n) is 3.10. The molecular weight excluding hydrogens is 341 g/mol. The number of ether oxygens (including phenoxy) is 1. The standard InChI is InChI=1S/C18H26FN3O4/c1-18(2,3)26-17(25)22-12-9-15(23)20-10-6-11-21-16(24)13-7-4-5-8-14(13)19/h4-5,7-8H,6,9-12H2,1-3H3,(H,20,23)(H,21,24)(H,22,25). The van der Waals surface area contributed by atoms with E-state index in [4.69, 9.17) is 4.74 Å². The van der Waals surface area contributed by atoms with E-state index in [9.17, 15) is 18.8 Å². The Morgan fingerprint density at radius 3 is 2.31 bits per heavy atom. The molecule has 0 saturated heterocycles. The highest BCUT2D eigenvalue weighted by Gasteiger charge is 2.15. The van der Waals surface area contributed by atoms with Crippen molar-refractivity contribution in [1.82, 2.24) is 16.0 Å². The minimum absolute atomic E-state index is 0.00949. The molecule has 0 aliphatic rings. The maximum atomic E-state index is 13.4. The number of carbonyl (C=O) groups excluding carboxylic acids is 3. The van der Waals surface area contributed by atoms with E-state index in [1.165, 1.54) is 18.2 Å². The molecule has 0 unspecified atom stereocenters. The van der Waals surface area contributed by atoms with Crippen LogP contribution < -0.4 is 16.0 Å². The van der Waals surface area contributed by atoms with Gasteiger partial charge in [-0.25, -0.2) is 9.18 Å². The SMILES string of the molecule is CC(C)(C)OC(=O)NCCC(=O)NCCCNC(=O)c1ccccc1F. The Morgan fingerprint density at radius 2 is 1.65 bits per heavy atom. The summed E-state index contributed by atoms with van der Waals surface area (Å²) in [6, 6.07) is 5.73. The second-order valence-electron chi connectivity index (χ2n) is 6.62. The molecule has 1 aromatic carbocycles. The van der Waals surface area contributed by atoms with Crippen molar-refractivity contribution < 1.29 is 23.5 Å². The van der Waals surface area contributed by atoms with Crippen molar-refractivity contribution >= 4 is 17.9 Å². The van der Waals surface area contributed by atoms with Crippen LogP contribution in [-0.2, 0) is 9.53 Å². The second kappa shape index (κ2) is 10.4. The minimum Gasteiger partial charge on any atom is -0.444 e. The van der Waals surface area contributed by atoms with E-state index in [-0.39, 0.29) is 24.4 Å². The fraction of sp³-hybridized carbons (Fsp3) is 0.500. The van der Waals surface area contributed by atoms with Crippen molar-refractivity contribution in [2.24, 2.45) is 0 Å². The van der Waals surface area contributed by atoms with Crippen LogP contribution in [0.3, 0.4) is 0 Å². The van der Waals surface area contributed by atoms with Gasteiger partial charge in [-0.2, -0.15) is 0 Å². The maximum Gasteiger partial charge on any atom is 0.407 e. The number of halogens is 1. The monoisotopic (exact) mass is 367 g/mol. The summed E-state index contributed by atoms with van der Waals surface area (Å²) >= 11 is 0. The lowest BCUT2D eigenvalue weighted by molar-refractivity contribution is -0.120. The van der Waals surface area contributed by atoms with Crippen LogP contribution in [0.1, 0.15) is 44.0 Å². The first-order valence-electron chi connectivity index (χ1n) is 8.45. The zero-order chi connectivity index (χ0) is 19.6. The largest absolute Gasteiger partial charge is 0.444 e. The van der Waals surface area contributed by atoms with Crippen LogP contribution >= 0.6 is 0 Å². The van der Waals surface area contributed by atoms with E-state index in [0.29, 0.717) is 19.5 Å². The van der Waals surface area contributed by atoms with E-state index in [0.717, 1.165) is 0 Å². The summed E-state index contributed by atoms with van der Waals surface area (Å²) in [5, 5.41) is 7.76. The average Bonchev–Trinajstić information content (AvgIpc) is 2.53. The summed E-state index contributed by atoms with van der Waals surface area (Å²) in [7, 11) is 0. The molecule has 8 heteroatoms. The van der Waals surface area contributed by atoms with Crippen LogP contribution in [0, 0.1) is 5.82 Å². The van der Waals surface area contributed by atoms with Crippen LogP contribution in [0.5, 0.6) is 0 Å². The lowest BCUT2D eigenvalue weighted by Crippen LogP contribution is -2.35. The van der Waals surface area contributed by atoms with Crippen molar-refractivity contribution in [3.63, 3.8) is 0 Å². The number of hydrogen-bond acceptors (Lipinski definition) is 4. The molecule has 7 nitrogen and oxygen atoms in total. The van der Waals surface area contributed by atoms with E-state index < -0.39 is 23.4 Å². The topological polar surface area (TPSA) is 96.5 Å². The molecule has 0 aliphatic carbocycles. The molecule has 1 rings (SSSR count). The smallest absolute Gasteiger partial charge is 0.407 e. The Balaban J connectivity index is 2.11. The fourth-order valence-electron chi connectivity index (χ4n) is 1.94. The predicted molar refractivity (Wildman–Crippen MR) is 95.2 cm³/mol. The number of benzene rings is 1. The summed E-state index contributed by atoms with van der Waals surface area (Å²) < 4.78 is 18.5. The van der Waals surface area contributed by atoms with Crippen molar-refractivity contribution in [3.8, 4) is 0 Å². The van der Waals surface area contributed by atoms with E-state index >= 15 is 0 Å². The third kappa shape index (κ3) is 9.00. The fourth-order valence-corrected chi connectivity index (χ4v) is 1.94. The lowest BCUT2D eigenvalue weighted by Gasteiger charge is -2.19. The zero-order valence-electron chi connectivity index (χ0n) is 15.4. The maximum absolute atomic E-state index is 13.4. The minimum atomic E-state index is -0.584. The molecule has 0 aliphatic heterocycles.